The van der Waals surface area contributed by atoms with E-state index in [2.05, 4.69) is 15.9 Å². The SMILES string of the molecule is Cc1ccc(/C=C/Br)c(O)c1. The van der Waals surface area contributed by atoms with Gasteiger partial charge < -0.3 is 5.11 Å². The zero-order chi connectivity index (χ0) is 8.27. The molecular formula is C9H9BrO. The van der Waals surface area contributed by atoms with Gasteiger partial charge >= 0.3 is 0 Å². The number of aryl methyl sites for hydroxylation is 1. The zero-order valence-electron chi connectivity index (χ0n) is 6.21. The maximum Gasteiger partial charge on any atom is 0.123 e. The van der Waals surface area contributed by atoms with E-state index in [-0.39, 0.29) is 0 Å². The zero-order valence-corrected chi connectivity index (χ0v) is 7.80. The molecule has 1 nitrogen and oxygen atoms in total. The van der Waals surface area contributed by atoms with Crippen molar-refractivity contribution >= 4 is 22.0 Å². The second-order valence-corrected chi connectivity index (χ2v) is 2.88. The Hall–Kier alpha value is -0.760. The maximum atomic E-state index is 9.35. The minimum absolute atomic E-state index is 0.320. The number of hydrogen-bond donors (Lipinski definition) is 1. The first kappa shape index (κ1) is 8.34. The van der Waals surface area contributed by atoms with Gasteiger partial charge in [-0.15, -0.1) is 0 Å². The van der Waals surface area contributed by atoms with Crippen molar-refractivity contribution in [1.29, 1.82) is 0 Å². The number of phenols is 1. The van der Waals surface area contributed by atoms with E-state index in [0.717, 1.165) is 11.1 Å². The first-order chi connectivity index (χ1) is 5.24. The minimum atomic E-state index is 0.320. The molecular weight excluding hydrogens is 204 g/mol. The summed E-state index contributed by atoms with van der Waals surface area (Å²) in [5.41, 5.74) is 1.89. The Kier molecular flexibility index (Phi) is 2.71. The number of benzene rings is 1. The number of phenolic OH excluding ortho intramolecular Hbond substituents is 1. The maximum absolute atomic E-state index is 9.35. The molecule has 0 amide bonds. The summed E-state index contributed by atoms with van der Waals surface area (Å²) in [6.45, 7) is 1.95. The van der Waals surface area contributed by atoms with Crippen LogP contribution in [-0.4, -0.2) is 5.11 Å². The normalized spacial score (nSPS) is 10.7. The van der Waals surface area contributed by atoms with Gasteiger partial charge in [0.25, 0.3) is 0 Å². The summed E-state index contributed by atoms with van der Waals surface area (Å²) in [6.07, 6.45) is 1.80. The van der Waals surface area contributed by atoms with E-state index in [1.807, 2.05) is 19.1 Å². The van der Waals surface area contributed by atoms with Crippen LogP contribution < -0.4 is 0 Å². The Morgan fingerprint density at radius 2 is 2.18 bits per heavy atom. The van der Waals surface area contributed by atoms with Gasteiger partial charge in [0.2, 0.25) is 0 Å². The molecule has 0 fully saturated rings. The van der Waals surface area contributed by atoms with Gasteiger partial charge in [0, 0.05) is 5.56 Å². The molecule has 1 aromatic carbocycles. The third-order valence-corrected chi connectivity index (χ3v) is 1.69. The van der Waals surface area contributed by atoms with Crippen molar-refractivity contribution < 1.29 is 5.11 Å². The monoisotopic (exact) mass is 212 g/mol. The van der Waals surface area contributed by atoms with Crippen LogP contribution in [0.15, 0.2) is 23.2 Å². The second kappa shape index (κ2) is 3.58. The molecule has 0 saturated heterocycles. The van der Waals surface area contributed by atoms with Gasteiger partial charge in [-0.1, -0.05) is 28.1 Å². The van der Waals surface area contributed by atoms with E-state index in [1.54, 1.807) is 17.1 Å². The van der Waals surface area contributed by atoms with Crippen LogP contribution in [0.2, 0.25) is 0 Å². The fraction of sp³-hybridized carbons (Fsp3) is 0.111. The quantitative estimate of drug-likeness (QED) is 0.759. The van der Waals surface area contributed by atoms with Crippen molar-refractivity contribution in [3.63, 3.8) is 0 Å². The molecule has 11 heavy (non-hydrogen) atoms. The van der Waals surface area contributed by atoms with E-state index in [1.165, 1.54) is 0 Å². The molecule has 1 N–H and O–H groups in total. The molecule has 0 saturated carbocycles. The Morgan fingerprint density at radius 1 is 1.45 bits per heavy atom. The summed E-state index contributed by atoms with van der Waals surface area (Å²) in [5, 5.41) is 9.35. The molecule has 58 valence electrons. The predicted octanol–water partition coefficient (Wildman–Crippen LogP) is 3.07. The van der Waals surface area contributed by atoms with Crippen LogP contribution in [0.3, 0.4) is 0 Å². The lowest BCUT2D eigenvalue weighted by atomic mass is 10.1. The second-order valence-electron chi connectivity index (χ2n) is 2.35. The molecule has 0 bridgehead atoms. The average Bonchev–Trinajstić information content (AvgIpc) is 1.95. The van der Waals surface area contributed by atoms with Gasteiger partial charge in [-0.3, -0.25) is 0 Å². The summed E-state index contributed by atoms with van der Waals surface area (Å²) in [5.74, 6) is 0.320. The molecule has 0 aliphatic heterocycles. The highest BCUT2D eigenvalue weighted by molar-refractivity contribution is 9.11. The number of rotatable bonds is 1. The predicted molar refractivity (Wildman–Crippen MR) is 50.8 cm³/mol. The molecule has 0 radical (unpaired) electrons. The van der Waals surface area contributed by atoms with Crippen molar-refractivity contribution in [2.24, 2.45) is 0 Å². The minimum Gasteiger partial charge on any atom is -0.507 e. The molecule has 0 aromatic heterocycles. The van der Waals surface area contributed by atoms with E-state index >= 15 is 0 Å². The fourth-order valence-corrected chi connectivity index (χ4v) is 1.15. The lowest BCUT2D eigenvalue weighted by Crippen LogP contribution is -1.75. The summed E-state index contributed by atoms with van der Waals surface area (Å²) in [4.78, 5) is 1.72. The third kappa shape index (κ3) is 2.09. The van der Waals surface area contributed by atoms with Crippen molar-refractivity contribution in [1.82, 2.24) is 0 Å². The Balaban J connectivity index is 3.09. The topological polar surface area (TPSA) is 20.2 Å². The van der Waals surface area contributed by atoms with Crippen LogP contribution in [0.25, 0.3) is 6.08 Å². The summed E-state index contributed by atoms with van der Waals surface area (Å²) >= 11 is 3.15. The van der Waals surface area contributed by atoms with Crippen molar-refractivity contribution in [3.05, 3.63) is 34.3 Å². The van der Waals surface area contributed by atoms with E-state index < -0.39 is 0 Å². The molecule has 1 aromatic rings. The Bertz CT molecular complexity index is 279. The average molecular weight is 213 g/mol. The van der Waals surface area contributed by atoms with Crippen molar-refractivity contribution in [3.8, 4) is 5.75 Å². The van der Waals surface area contributed by atoms with E-state index in [0.29, 0.717) is 5.75 Å². The smallest absolute Gasteiger partial charge is 0.123 e. The van der Waals surface area contributed by atoms with Crippen LogP contribution in [0.5, 0.6) is 5.75 Å². The van der Waals surface area contributed by atoms with E-state index in [4.69, 9.17) is 0 Å². The van der Waals surface area contributed by atoms with Crippen molar-refractivity contribution in [2.75, 3.05) is 0 Å². The van der Waals surface area contributed by atoms with Crippen LogP contribution >= 0.6 is 15.9 Å². The van der Waals surface area contributed by atoms with Gasteiger partial charge in [-0.05, 0) is 29.6 Å². The summed E-state index contributed by atoms with van der Waals surface area (Å²) in [7, 11) is 0. The van der Waals surface area contributed by atoms with Gasteiger partial charge in [-0.25, -0.2) is 0 Å². The molecule has 0 aliphatic carbocycles. The Labute approximate surface area is 74.5 Å². The number of aromatic hydroxyl groups is 1. The van der Waals surface area contributed by atoms with E-state index in [9.17, 15) is 5.11 Å². The highest BCUT2D eigenvalue weighted by Gasteiger charge is 1.95. The molecule has 0 aliphatic rings. The van der Waals surface area contributed by atoms with Crippen LogP contribution in [0.4, 0.5) is 0 Å². The standard InChI is InChI=1S/C9H9BrO/c1-7-2-3-8(4-5-10)9(11)6-7/h2-6,11H,1H3/b5-4+. The highest BCUT2D eigenvalue weighted by atomic mass is 79.9. The van der Waals surface area contributed by atoms with Gasteiger partial charge in [-0.2, -0.15) is 0 Å². The van der Waals surface area contributed by atoms with Crippen LogP contribution in [0, 0.1) is 6.92 Å². The van der Waals surface area contributed by atoms with Gasteiger partial charge in [0.05, 0.1) is 0 Å². The molecule has 0 spiro atoms. The Morgan fingerprint density at radius 3 is 2.73 bits per heavy atom. The molecule has 0 unspecified atom stereocenters. The first-order valence-corrected chi connectivity index (χ1v) is 4.22. The fourth-order valence-electron chi connectivity index (χ4n) is 0.863. The lowest BCUT2D eigenvalue weighted by molar-refractivity contribution is 0.473. The summed E-state index contributed by atoms with van der Waals surface area (Å²) < 4.78 is 0. The molecule has 0 atom stereocenters. The van der Waals surface area contributed by atoms with Gasteiger partial charge in [0.15, 0.2) is 0 Å². The first-order valence-electron chi connectivity index (χ1n) is 3.30. The number of halogens is 1. The molecule has 2 heteroatoms. The van der Waals surface area contributed by atoms with Crippen LogP contribution in [0.1, 0.15) is 11.1 Å². The van der Waals surface area contributed by atoms with Crippen molar-refractivity contribution in [2.45, 2.75) is 6.92 Å². The van der Waals surface area contributed by atoms with Gasteiger partial charge in [0.1, 0.15) is 5.75 Å². The third-order valence-electron chi connectivity index (χ3n) is 1.43. The molecule has 1 rings (SSSR count). The van der Waals surface area contributed by atoms with Crippen LogP contribution in [-0.2, 0) is 0 Å². The highest BCUT2D eigenvalue weighted by Crippen LogP contribution is 2.19. The largest absolute Gasteiger partial charge is 0.507 e. The summed E-state index contributed by atoms with van der Waals surface area (Å²) in [6, 6.07) is 5.58. The number of hydrogen-bond acceptors (Lipinski definition) is 1. The molecule has 0 heterocycles. The lowest BCUT2D eigenvalue weighted by Gasteiger charge is -1.98.